The van der Waals surface area contributed by atoms with E-state index in [1.54, 1.807) is 6.92 Å². The third kappa shape index (κ3) is 4.64. The minimum Gasteiger partial charge on any atom is -0.494 e. The van der Waals surface area contributed by atoms with Crippen LogP contribution in [0, 0.1) is 0 Å². The SMILES string of the molecule is CCOC(=O)C(Cc1ccc(OCCC2c3ccccc3-c3ccccc32)cc1)OC. The van der Waals surface area contributed by atoms with Gasteiger partial charge < -0.3 is 14.2 Å². The lowest BCUT2D eigenvalue weighted by Gasteiger charge is -2.15. The van der Waals surface area contributed by atoms with Crippen molar-refractivity contribution in [2.24, 2.45) is 0 Å². The molecule has 0 spiro atoms. The van der Waals surface area contributed by atoms with Gasteiger partial charge in [0.15, 0.2) is 6.10 Å². The van der Waals surface area contributed by atoms with Crippen molar-refractivity contribution in [3.63, 3.8) is 0 Å². The molecule has 1 unspecified atom stereocenters. The van der Waals surface area contributed by atoms with Crippen molar-refractivity contribution < 1.29 is 19.0 Å². The second kappa shape index (κ2) is 9.80. The number of carbonyl (C=O) groups excluding carboxylic acids is 1. The smallest absolute Gasteiger partial charge is 0.335 e. The Bertz CT molecular complexity index is 980. The molecule has 0 N–H and O–H groups in total. The number of benzene rings is 3. The van der Waals surface area contributed by atoms with Crippen molar-refractivity contribution >= 4 is 5.97 Å². The number of methoxy groups -OCH3 is 1. The number of carbonyl (C=O) groups is 1. The highest BCUT2D eigenvalue weighted by atomic mass is 16.6. The van der Waals surface area contributed by atoms with Crippen LogP contribution in [0.5, 0.6) is 5.75 Å². The number of hydrogen-bond donors (Lipinski definition) is 0. The molecule has 160 valence electrons. The molecule has 1 atom stereocenters. The summed E-state index contributed by atoms with van der Waals surface area (Å²) in [7, 11) is 1.53. The molecule has 0 aliphatic heterocycles. The van der Waals surface area contributed by atoms with Gasteiger partial charge in [0.2, 0.25) is 0 Å². The van der Waals surface area contributed by atoms with E-state index in [9.17, 15) is 4.79 Å². The molecule has 4 rings (SSSR count). The van der Waals surface area contributed by atoms with Crippen LogP contribution >= 0.6 is 0 Å². The van der Waals surface area contributed by atoms with Crippen LogP contribution in [0.25, 0.3) is 11.1 Å². The molecule has 0 saturated heterocycles. The highest BCUT2D eigenvalue weighted by molar-refractivity contribution is 5.78. The zero-order valence-corrected chi connectivity index (χ0v) is 18.0. The first-order valence-corrected chi connectivity index (χ1v) is 10.8. The van der Waals surface area contributed by atoms with E-state index >= 15 is 0 Å². The van der Waals surface area contributed by atoms with Crippen LogP contribution in [0.2, 0.25) is 0 Å². The summed E-state index contributed by atoms with van der Waals surface area (Å²) in [5, 5.41) is 0. The van der Waals surface area contributed by atoms with Gasteiger partial charge in [0, 0.05) is 19.4 Å². The van der Waals surface area contributed by atoms with E-state index in [1.165, 1.54) is 29.4 Å². The summed E-state index contributed by atoms with van der Waals surface area (Å²) in [5.41, 5.74) is 6.44. The molecular weight excluding hydrogens is 388 g/mol. The first-order valence-electron chi connectivity index (χ1n) is 10.8. The average Bonchev–Trinajstić information content (AvgIpc) is 3.12. The Morgan fingerprint density at radius 1 is 0.903 bits per heavy atom. The fourth-order valence-electron chi connectivity index (χ4n) is 4.30. The maximum Gasteiger partial charge on any atom is 0.335 e. The molecule has 31 heavy (non-hydrogen) atoms. The molecule has 0 radical (unpaired) electrons. The van der Waals surface area contributed by atoms with Crippen LogP contribution in [0.3, 0.4) is 0 Å². The molecule has 1 aliphatic rings. The molecule has 4 nitrogen and oxygen atoms in total. The lowest BCUT2D eigenvalue weighted by molar-refractivity contribution is -0.154. The van der Waals surface area contributed by atoms with Gasteiger partial charge >= 0.3 is 5.97 Å². The lowest BCUT2D eigenvalue weighted by atomic mass is 9.94. The Kier molecular flexibility index (Phi) is 6.68. The molecule has 0 bridgehead atoms. The Hall–Kier alpha value is -3.11. The molecule has 4 heteroatoms. The van der Waals surface area contributed by atoms with E-state index < -0.39 is 6.10 Å². The minimum atomic E-state index is -0.589. The molecule has 1 aliphatic carbocycles. The lowest BCUT2D eigenvalue weighted by Crippen LogP contribution is -2.27. The first kappa shape index (κ1) is 21.1. The molecule has 3 aromatic carbocycles. The normalized spacial score (nSPS) is 13.4. The van der Waals surface area contributed by atoms with Gasteiger partial charge in [-0.2, -0.15) is 0 Å². The van der Waals surface area contributed by atoms with E-state index in [-0.39, 0.29) is 5.97 Å². The van der Waals surface area contributed by atoms with Crippen LogP contribution < -0.4 is 4.74 Å². The monoisotopic (exact) mass is 416 g/mol. The van der Waals surface area contributed by atoms with Crippen molar-refractivity contribution in [1.82, 2.24) is 0 Å². The zero-order chi connectivity index (χ0) is 21.6. The number of hydrogen-bond acceptors (Lipinski definition) is 4. The zero-order valence-electron chi connectivity index (χ0n) is 18.0. The van der Waals surface area contributed by atoms with Crippen molar-refractivity contribution in [1.29, 1.82) is 0 Å². The Morgan fingerprint density at radius 3 is 2.10 bits per heavy atom. The average molecular weight is 417 g/mol. The summed E-state index contributed by atoms with van der Waals surface area (Å²) in [6, 6.07) is 25.1. The van der Waals surface area contributed by atoms with Crippen LogP contribution in [0.1, 0.15) is 36.0 Å². The van der Waals surface area contributed by atoms with Gasteiger partial charge in [-0.15, -0.1) is 0 Å². The summed E-state index contributed by atoms with van der Waals surface area (Å²) < 4.78 is 16.4. The van der Waals surface area contributed by atoms with Crippen molar-refractivity contribution in [3.8, 4) is 16.9 Å². The molecule has 0 aromatic heterocycles. The fraction of sp³-hybridized carbons (Fsp3) is 0.296. The van der Waals surface area contributed by atoms with Crippen LogP contribution in [-0.2, 0) is 20.7 Å². The second-order valence-electron chi connectivity index (χ2n) is 7.69. The first-order chi connectivity index (χ1) is 15.2. The molecule has 3 aromatic rings. The third-order valence-electron chi connectivity index (χ3n) is 5.82. The van der Waals surface area contributed by atoms with Gasteiger partial charge in [-0.05, 0) is 53.3 Å². The Labute approximate surface area is 183 Å². The van der Waals surface area contributed by atoms with Gasteiger partial charge in [-0.25, -0.2) is 4.79 Å². The number of ether oxygens (including phenoxy) is 3. The van der Waals surface area contributed by atoms with Gasteiger partial charge in [0.1, 0.15) is 5.75 Å². The van der Waals surface area contributed by atoms with Gasteiger partial charge in [-0.1, -0.05) is 60.7 Å². The molecule has 0 amide bonds. The topological polar surface area (TPSA) is 44.8 Å². The van der Waals surface area contributed by atoms with Crippen LogP contribution in [0.4, 0.5) is 0 Å². The quantitative estimate of drug-likeness (QED) is 0.439. The third-order valence-corrected chi connectivity index (χ3v) is 5.82. The Balaban J connectivity index is 1.36. The maximum absolute atomic E-state index is 11.9. The summed E-state index contributed by atoms with van der Waals surface area (Å²) >= 11 is 0. The maximum atomic E-state index is 11.9. The predicted octanol–water partition coefficient (Wildman–Crippen LogP) is 5.39. The number of rotatable bonds is 9. The number of esters is 1. The summed E-state index contributed by atoms with van der Waals surface area (Å²) in [5.74, 6) is 0.856. The van der Waals surface area contributed by atoms with E-state index in [0.29, 0.717) is 25.6 Å². The second-order valence-corrected chi connectivity index (χ2v) is 7.69. The fourth-order valence-corrected chi connectivity index (χ4v) is 4.30. The highest BCUT2D eigenvalue weighted by Crippen LogP contribution is 2.45. The van der Waals surface area contributed by atoms with E-state index in [2.05, 4.69) is 48.5 Å². The molecule has 0 saturated carbocycles. The summed E-state index contributed by atoms with van der Waals surface area (Å²) in [6.07, 6.45) is 0.810. The Morgan fingerprint density at radius 2 is 1.52 bits per heavy atom. The molecular formula is C27H28O4. The van der Waals surface area contributed by atoms with E-state index in [1.807, 2.05) is 24.3 Å². The minimum absolute atomic E-state index is 0.331. The van der Waals surface area contributed by atoms with Crippen LogP contribution in [0.15, 0.2) is 72.8 Å². The predicted molar refractivity (Wildman–Crippen MR) is 121 cm³/mol. The van der Waals surface area contributed by atoms with Gasteiger partial charge in [0.25, 0.3) is 0 Å². The van der Waals surface area contributed by atoms with Gasteiger partial charge in [-0.3, -0.25) is 0 Å². The van der Waals surface area contributed by atoms with Crippen molar-refractivity contribution in [2.45, 2.75) is 31.8 Å². The standard InChI is InChI=1S/C27H28O4/c1-3-30-27(28)26(29-2)18-19-12-14-20(15-13-19)31-17-16-25-23-10-6-4-8-21(23)22-9-5-7-11-24(22)25/h4-15,25-26H,3,16-18H2,1-2H3. The van der Waals surface area contributed by atoms with Crippen molar-refractivity contribution in [3.05, 3.63) is 89.5 Å². The van der Waals surface area contributed by atoms with Crippen molar-refractivity contribution in [2.75, 3.05) is 20.3 Å². The van der Waals surface area contributed by atoms with Gasteiger partial charge in [0.05, 0.1) is 13.2 Å². The number of fused-ring (bicyclic) bond motifs is 3. The van der Waals surface area contributed by atoms with E-state index in [0.717, 1.165) is 17.7 Å². The highest BCUT2D eigenvalue weighted by Gasteiger charge is 2.27. The molecule has 0 heterocycles. The van der Waals surface area contributed by atoms with E-state index in [4.69, 9.17) is 14.2 Å². The largest absolute Gasteiger partial charge is 0.494 e. The van der Waals surface area contributed by atoms with Crippen LogP contribution in [-0.4, -0.2) is 32.4 Å². The molecule has 0 fully saturated rings. The summed E-state index contributed by atoms with van der Waals surface area (Å²) in [6.45, 7) is 2.77. The summed E-state index contributed by atoms with van der Waals surface area (Å²) in [4.78, 5) is 11.9.